The lowest BCUT2D eigenvalue weighted by molar-refractivity contribution is -0.127. The summed E-state index contributed by atoms with van der Waals surface area (Å²) in [5.41, 5.74) is 0. The minimum atomic E-state index is 0. The second kappa shape index (κ2) is 11.1. The molecule has 130 valence electrons. The van der Waals surface area contributed by atoms with Crippen LogP contribution in [0.5, 0.6) is 0 Å². The number of hydrogen-bond donors (Lipinski definition) is 2. The summed E-state index contributed by atoms with van der Waals surface area (Å²) in [5.74, 6) is 2.18. The fourth-order valence-electron chi connectivity index (χ4n) is 2.93. The van der Waals surface area contributed by atoms with Crippen molar-refractivity contribution in [3.05, 3.63) is 0 Å². The van der Waals surface area contributed by atoms with E-state index in [-0.39, 0.29) is 36.4 Å². The highest BCUT2D eigenvalue weighted by Crippen LogP contribution is 2.31. The van der Waals surface area contributed by atoms with Gasteiger partial charge < -0.3 is 15.5 Å². The third kappa shape index (κ3) is 7.15. The predicted molar refractivity (Wildman–Crippen MR) is 104 cm³/mol. The van der Waals surface area contributed by atoms with Gasteiger partial charge >= 0.3 is 0 Å². The molecule has 0 aromatic heterocycles. The Kier molecular flexibility index (Phi) is 10.8. The van der Waals surface area contributed by atoms with E-state index in [9.17, 15) is 4.79 Å². The van der Waals surface area contributed by atoms with Crippen molar-refractivity contribution in [3.63, 3.8) is 0 Å². The Morgan fingerprint density at radius 3 is 2.32 bits per heavy atom. The molecule has 0 radical (unpaired) electrons. The normalized spacial score (nSPS) is 18.9. The molecule has 1 aliphatic carbocycles. The Labute approximate surface area is 152 Å². The first-order chi connectivity index (χ1) is 9.95. The quantitative estimate of drug-likeness (QED) is 0.405. The topological polar surface area (TPSA) is 56.7 Å². The van der Waals surface area contributed by atoms with Crippen LogP contribution in [-0.4, -0.2) is 50.5 Å². The van der Waals surface area contributed by atoms with Crippen LogP contribution in [0.4, 0.5) is 0 Å². The zero-order valence-electron chi connectivity index (χ0n) is 14.7. The molecule has 2 unspecified atom stereocenters. The summed E-state index contributed by atoms with van der Waals surface area (Å²) in [6.07, 6.45) is 6.82. The van der Waals surface area contributed by atoms with Crippen molar-refractivity contribution in [2.75, 3.05) is 27.7 Å². The molecule has 1 amide bonds. The number of likely N-dealkylation sites (N-methyl/N-ethyl adjacent to an activating group) is 1. The lowest BCUT2D eigenvalue weighted by Gasteiger charge is -2.32. The maximum Gasteiger partial charge on any atom is 0.241 e. The average Bonchev–Trinajstić information content (AvgIpc) is 2.50. The molecule has 0 heterocycles. The van der Waals surface area contributed by atoms with Crippen LogP contribution >= 0.6 is 24.0 Å². The number of guanidine groups is 1. The molecule has 1 saturated carbocycles. The van der Waals surface area contributed by atoms with Gasteiger partial charge in [0.05, 0.1) is 6.54 Å². The number of nitrogens with zero attached hydrogens (tertiary/aromatic N) is 2. The van der Waals surface area contributed by atoms with Gasteiger partial charge in [0.15, 0.2) is 5.96 Å². The lowest BCUT2D eigenvalue weighted by atomic mass is 9.78. The van der Waals surface area contributed by atoms with Crippen LogP contribution in [0.3, 0.4) is 0 Å². The van der Waals surface area contributed by atoms with Crippen molar-refractivity contribution >= 4 is 35.8 Å². The summed E-state index contributed by atoms with van der Waals surface area (Å²) in [5, 5.41) is 6.51. The molecule has 0 saturated heterocycles. The summed E-state index contributed by atoms with van der Waals surface area (Å²) in [7, 11) is 5.26. The van der Waals surface area contributed by atoms with Gasteiger partial charge in [0.1, 0.15) is 0 Å². The summed E-state index contributed by atoms with van der Waals surface area (Å²) in [6, 6.07) is 0.355. The van der Waals surface area contributed by atoms with Crippen LogP contribution in [0.1, 0.15) is 46.0 Å². The van der Waals surface area contributed by atoms with Crippen LogP contribution in [0.2, 0.25) is 0 Å². The zero-order valence-corrected chi connectivity index (χ0v) is 17.0. The van der Waals surface area contributed by atoms with E-state index < -0.39 is 0 Å². The van der Waals surface area contributed by atoms with E-state index in [1.54, 1.807) is 26.0 Å². The molecular weight excluding hydrogens is 391 g/mol. The van der Waals surface area contributed by atoms with Crippen molar-refractivity contribution in [1.82, 2.24) is 15.5 Å². The molecule has 0 aliphatic heterocycles. The third-order valence-electron chi connectivity index (χ3n) is 4.68. The average molecular weight is 424 g/mol. The summed E-state index contributed by atoms with van der Waals surface area (Å²) < 4.78 is 0. The van der Waals surface area contributed by atoms with Crippen molar-refractivity contribution in [2.45, 2.75) is 52.0 Å². The molecular formula is C16H33IN4O. The van der Waals surface area contributed by atoms with Gasteiger partial charge in [-0.05, 0) is 18.8 Å². The molecule has 1 rings (SSSR count). The van der Waals surface area contributed by atoms with E-state index >= 15 is 0 Å². The Balaban J connectivity index is 0.00000441. The van der Waals surface area contributed by atoms with E-state index in [2.05, 4.69) is 29.5 Å². The summed E-state index contributed by atoms with van der Waals surface area (Å²) in [6.45, 7) is 4.81. The number of nitrogens with one attached hydrogen (secondary N) is 2. The highest BCUT2D eigenvalue weighted by molar-refractivity contribution is 14.0. The second-order valence-corrected chi connectivity index (χ2v) is 6.40. The largest absolute Gasteiger partial charge is 0.354 e. The number of amides is 1. The molecule has 1 fully saturated rings. The van der Waals surface area contributed by atoms with Crippen LogP contribution in [-0.2, 0) is 4.79 Å². The minimum absolute atomic E-state index is 0. The van der Waals surface area contributed by atoms with Crippen molar-refractivity contribution in [3.8, 4) is 0 Å². The number of halogens is 1. The number of rotatable bonds is 5. The predicted octanol–water partition coefficient (Wildman–Crippen LogP) is 2.46. The van der Waals surface area contributed by atoms with Gasteiger partial charge in [-0.25, -0.2) is 0 Å². The maximum atomic E-state index is 11.6. The zero-order chi connectivity index (χ0) is 15.8. The van der Waals surface area contributed by atoms with Crippen LogP contribution in [0, 0.1) is 11.8 Å². The van der Waals surface area contributed by atoms with Gasteiger partial charge in [-0.2, -0.15) is 0 Å². The highest BCUT2D eigenvalue weighted by Gasteiger charge is 2.25. The molecule has 1 aliphatic rings. The van der Waals surface area contributed by atoms with Crippen molar-refractivity contribution < 1.29 is 4.79 Å². The second-order valence-electron chi connectivity index (χ2n) is 6.40. The van der Waals surface area contributed by atoms with Crippen LogP contribution in [0.15, 0.2) is 4.99 Å². The lowest BCUT2D eigenvalue weighted by Crippen LogP contribution is -2.48. The Bertz CT molecular complexity index is 354. The molecule has 0 aromatic rings. The van der Waals surface area contributed by atoms with Crippen LogP contribution < -0.4 is 10.6 Å². The first kappa shape index (κ1) is 21.5. The van der Waals surface area contributed by atoms with E-state index in [0.717, 1.165) is 5.92 Å². The smallest absolute Gasteiger partial charge is 0.241 e. The molecule has 0 aromatic carbocycles. The number of aliphatic imine (C=N–C) groups is 1. The molecule has 22 heavy (non-hydrogen) atoms. The van der Waals surface area contributed by atoms with E-state index in [1.807, 2.05) is 0 Å². The van der Waals surface area contributed by atoms with E-state index in [0.29, 0.717) is 17.9 Å². The van der Waals surface area contributed by atoms with Crippen LogP contribution in [0.25, 0.3) is 0 Å². The summed E-state index contributed by atoms with van der Waals surface area (Å²) >= 11 is 0. The fourth-order valence-corrected chi connectivity index (χ4v) is 2.93. The number of carbonyl (C=O) groups is 1. The standard InChI is InChI=1S/C16H32N4O.HI/c1-12(14-9-7-6-8-10-14)13(2)19-16(17-3)18-11-15(21)20(4)5;/h12-14H,6-11H2,1-5H3,(H2,17,18,19);1H. The van der Waals surface area contributed by atoms with Gasteiger partial charge in [-0.3, -0.25) is 9.79 Å². The maximum absolute atomic E-state index is 11.6. The number of carbonyl (C=O) groups excluding carboxylic acids is 1. The molecule has 2 N–H and O–H groups in total. The fraction of sp³-hybridized carbons (Fsp3) is 0.875. The third-order valence-corrected chi connectivity index (χ3v) is 4.68. The van der Waals surface area contributed by atoms with E-state index in [4.69, 9.17) is 0 Å². The molecule has 6 heteroatoms. The molecule has 5 nitrogen and oxygen atoms in total. The van der Waals surface area contributed by atoms with Crippen molar-refractivity contribution in [2.24, 2.45) is 16.8 Å². The monoisotopic (exact) mass is 424 g/mol. The molecule has 0 bridgehead atoms. The van der Waals surface area contributed by atoms with E-state index in [1.165, 1.54) is 32.1 Å². The first-order valence-corrected chi connectivity index (χ1v) is 8.13. The number of hydrogen-bond acceptors (Lipinski definition) is 2. The molecule has 0 spiro atoms. The minimum Gasteiger partial charge on any atom is -0.354 e. The molecule has 2 atom stereocenters. The van der Waals surface area contributed by atoms with Gasteiger partial charge in [0.2, 0.25) is 5.91 Å². The Hall–Kier alpha value is -0.530. The van der Waals surface area contributed by atoms with Crippen molar-refractivity contribution in [1.29, 1.82) is 0 Å². The van der Waals surface area contributed by atoms with Gasteiger partial charge in [-0.1, -0.05) is 39.0 Å². The SMILES string of the molecule is CN=C(NCC(=O)N(C)C)NC(C)C(C)C1CCCCC1.I. The van der Waals surface area contributed by atoms with Gasteiger partial charge in [-0.15, -0.1) is 24.0 Å². The van der Waals surface area contributed by atoms with Gasteiger partial charge in [0, 0.05) is 27.2 Å². The van der Waals surface area contributed by atoms with Gasteiger partial charge in [0.25, 0.3) is 0 Å². The summed E-state index contributed by atoms with van der Waals surface area (Å²) in [4.78, 5) is 17.4. The highest BCUT2D eigenvalue weighted by atomic mass is 127. The Morgan fingerprint density at radius 1 is 1.23 bits per heavy atom. The Morgan fingerprint density at radius 2 is 1.82 bits per heavy atom. The first-order valence-electron chi connectivity index (χ1n) is 8.13.